The predicted molar refractivity (Wildman–Crippen MR) is 118 cm³/mol. The molecule has 2 heterocycles. The molecule has 1 unspecified atom stereocenters. The van der Waals surface area contributed by atoms with E-state index in [0.29, 0.717) is 31.8 Å². The number of carbonyl (C=O) groups excluding carboxylic acids is 1. The van der Waals surface area contributed by atoms with Crippen LogP contribution in [-0.2, 0) is 25.7 Å². The summed E-state index contributed by atoms with van der Waals surface area (Å²) in [6.07, 6.45) is 5.37. The van der Waals surface area contributed by atoms with Crippen molar-refractivity contribution >= 4 is 30.6 Å². The first-order valence-electron chi connectivity index (χ1n) is 10.3. The summed E-state index contributed by atoms with van der Waals surface area (Å²) >= 11 is 0. The van der Waals surface area contributed by atoms with E-state index in [2.05, 4.69) is 29.7 Å². The van der Waals surface area contributed by atoms with Crippen LogP contribution in [0.2, 0.25) is 25.7 Å². The van der Waals surface area contributed by atoms with Crippen molar-refractivity contribution in [3.63, 3.8) is 0 Å². The maximum Gasteiger partial charge on any atom is 0.338 e. The van der Waals surface area contributed by atoms with Gasteiger partial charge in [0, 0.05) is 28.2 Å². The van der Waals surface area contributed by atoms with E-state index in [1.165, 1.54) is 7.11 Å². The lowest BCUT2D eigenvalue weighted by atomic mass is 9.85. The number of hydrogen-bond donors (Lipinski definition) is 0. The average Bonchev–Trinajstić information content (AvgIpc) is 3.13. The Bertz CT molecular complexity index is 950. The minimum atomic E-state index is -1.13. The van der Waals surface area contributed by atoms with Crippen LogP contribution in [-0.4, -0.2) is 60.2 Å². The molecule has 0 fully saturated rings. The van der Waals surface area contributed by atoms with Gasteiger partial charge in [0.1, 0.15) is 6.73 Å². The molecular formula is C21H32N4O4Si. The normalized spacial score (nSPS) is 19.7. The van der Waals surface area contributed by atoms with Crippen LogP contribution in [0.1, 0.15) is 30.8 Å². The molecule has 0 aliphatic heterocycles. The van der Waals surface area contributed by atoms with E-state index in [1.807, 2.05) is 13.0 Å². The van der Waals surface area contributed by atoms with Crippen molar-refractivity contribution in [1.29, 1.82) is 0 Å². The topological polar surface area (TPSA) is 88.4 Å². The van der Waals surface area contributed by atoms with Crippen molar-refractivity contribution in [2.24, 2.45) is 0 Å². The highest BCUT2D eigenvalue weighted by Crippen LogP contribution is 2.35. The van der Waals surface area contributed by atoms with E-state index in [9.17, 15) is 4.79 Å². The van der Waals surface area contributed by atoms with Crippen molar-refractivity contribution < 1.29 is 19.0 Å². The molecule has 0 spiro atoms. The fourth-order valence-electron chi connectivity index (χ4n) is 3.54. The molecule has 1 aliphatic carbocycles. The van der Waals surface area contributed by atoms with Crippen molar-refractivity contribution in [2.75, 3.05) is 20.8 Å². The zero-order valence-electron chi connectivity index (χ0n) is 18.8. The molecule has 0 amide bonds. The zero-order chi connectivity index (χ0) is 21.9. The van der Waals surface area contributed by atoms with Gasteiger partial charge in [-0.05, 0) is 31.4 Å². The summed E-state index contributed by atoms with van der Waals surface area (Å²) in [7, 11) is 1.80. The van der Waals surface area contributed by atoms with Crippen LogP contribution in [0.3, 0.4) is 0 Å². The number of rotatable bonds is 8. The summed E-state index contributed by atoms with van der Waals surface area (Å²) < 4.78 is 18.1. The molecule has 0 bridgehead atoms. The molecular weight excluding hydrogens is 400 g/mol. The molecule has 164 valence electrons. The molecule has 2 aromatic rings. The van der Waals surface area contributed by atoms with Crippen molar-refractivity contribution in [3.8, 4) is 0 Å². The Morgan fingerprint density at radius 1 is 1.27 bits per heavy atom. The van der Waals surface area contributed by atoms with Gasteiger partial charge in [-0.3, -0.25) is 0 Å². The molecule has 8 nitrogen and oxygen atoms in total. The average molecular weight is 433 g/mol. The summed E-state index contributed by atoms with van der Waals surface area (Å²) in [6, 6.07) is 1.11. The maximum atomic E-state index is 12.2. The third kappa shape index (κ3) is 4.79. The fraction of sp³-hybridized carbons (Fsp3) is 0.619. The standard InChI is InChI=1S/C21H32N4O4Si/c1-15-17-13-22-25(14-29-11-12-30(4,5)6)19(17)24-18(23-15)16-7-9-21(28-3,10-8-16)20(26)27-2/h7,13H,8-12,14H2,1-6H3. The molecule has 0 aromatic carbocycles. The van der Waals surface area contributed by atoms with Gasteiger partial charge in [-0.1, -0.05) is 25.7 Å². The van der Waals surface area contributed by atoms with E-state index < -0.39 is 13.7 Å². The third-order valence-electron chi connectivity index (χ3n) is 5.61. The van der Waals surface area contributed by atoms with Crippen LogP contribution in [0.25, 0.3) is 16.6 Å². The number of nitrogens with zero attached hydrogens (tertiary/aromatic N) is 4. The van der Waals surface area contributed by atoms with Gasteiger partial charge in [-0.25, -0.2) is 19.4 Å². The lowest BCUT2D eigenvalue weighted by molar-refractivity contribution is -0.166. The Balaban J connectivity index is 1.81. The van der Waals surface area contributed by atoms with Crippen molar-refractivity contribution in [1.82, 2.24) is 19.7 Å². The number of hydrogen-bond acceptors (Lipinski definition) is 7. The molecule has 9 heteroatoms. The summed E-state index contributed by atoms with van der Waals surface area (Å²) in [6.45, 7) is 10.1. The van der Waals surface area contributed by atoms with Gasteiger partial charge in [0.2, 0.25) is 0 Å². The van der Waals surface area contributed by atoms with Gasteiger partial charge in [-0.15, -0.1) is 0 Å². The van der Waals surface area contributed by atoms with E-state index in [1.54, 1.807) is 18.0 Å². The maximum absolute atomic E-state index is 12.2. The zero-order valence-corrected chi connectivity index (χ0v) is 19.8. The number of ether oxygens (including phenoxy) is 3. The Labute approximate surface area is 178 Å². The molecule has 1 aliphatic rings. The Kier molecular flexibility index (Phi) is 6.74. The molecule has 0 saturated carbocycles. The third-order valence-corrected chi connectivity index (χ3v) is 7.31. The largest absolute Gasteiger partial charge is 0.467 e. The Hall–Kier alpha value is -2.10. The number of aromatic nitrogens is 4. The second kappa shape index (κ2) is 8.95. The second-order valence-corrected chi connectivity index (χ2v) is 14.6. The second-order valence-electron chi connectivity index (χ2n) is 8.99. The number of esters is 1. The molecule has 1 atom stereocenters. The van der Waals surface area contributed by atoms with E-state index in [-0.39, 0.29) is 5.97 Å². The van der Waals surface area contributed by atoms with E-state index >= 15 is 0 Å². The molecule has 0 N–H and O–H groups in total. The molecule has 0 radical (unpaired) electrons. The SMILES string of the molecule is COC(=O)C1(OC)CC=C(c2nc(C)c3cnn(COCC[Si](C)(C)C)c3n2)CC1. The number of fused-ring (bicyclic) bond motifs is 1. The number of methoxy groups -OCH3 is 2. The van der Waals surface area contributed by atoms with Gasteiger partial charge >= 0.3 is 5.97 Å². The van der Waals surface area contributed by atoms with Gasteiger partial charge in [0.25, 0.3) is 0 Å². The molecule has 0 saturated heterocycles. The first-order valence-corrected chi connectivity index (χ1v) is 14.0. The van der Waals surface area contributed by atoms with Crippen LogP contribution < -0.4 is 0 Å². The van der Waals surface area contributed by atoms with Crippen molar-refractivity contribution in [3.05, 3.63) is 23.8 Å². The predicted octanol–water partition coefficient (Wildman–Crippen LogP) is 3.57. The summed E-state index contributed by atoms with van der Waals surface area (Å²) in [5.41, 5.74) is 1.72. The first-order chi connectivity index (χ1) is 14.2. The fourth-order valence-corrected chi connectivity index (χ4v) is 4.29. The quantitative estimate of drug-likeness (QED) is 0.358. The van der Waals surface area contributed by atoms with Gasteiger partial charge in [0.15, 0.2) is 17.1 Å². The highest BCUT2D eigenvalue weighted by molar-refractivity contribution is 6.76. The highest BCUT2D eigenvalue weighted by atomic mass is 28.3. The van der Waals surface area contributed by atoms with Gasteiger partial charge in [0.05, 0.1) is 24.4 Å². The lowest BCUT2D eigenvalue weighted by Crippen LogP contribution is -2.42. The lowest BCUT2D eigenvalue weighted by Gasteiger charge is -2.32. The van der Waals surface area contributed by atoms with Crippen LogP contribution in [0.4, 0.5) is 0 Å². The Morgan fingerprint density at radius 2 is 2.03 bits per heavy atom. The molecule has 2 aromatic heterocycles. The summed E-state index contributed by atoms with van der Waals surface area (Å²) in [4.78, 5) is 21.6. The van der Waals surface area contributed by atoms with Crippen LogP contribution in [0.15, 0.2) is 12.3 Å². The van der Waals surface area contributed by atoms with E-state index in [4.69, 9.17) is 19.2 Å². The van der Waals surface area contributed by atoms with Crippen molar-refractivity contribution in [2.45, 2.75) is 64.2 Å². The van der Waals surface area contributed by atoms with Crippen LogP contribution in [0.5, 0.6) is 0 Å². The summed E-state index contributed by atoms with van der Waals surface area (Å²) in [5, 5.41) is 5.37. The monoisotopic (exact) mass is 432 g/mol. The minimum Gasteiger partial charge on any atom is -0.467 e. The van der Waals surface area contributed by atoms with Gasteiger partial charge in [-0.2, -0.15) is 5.10 Å². The molecule has 3 rings (SSSR count). The smallest absolute Gasteiger partial charge is 0.338 e. The van der Waals surface area contributed by atoms with E-state index in [0.717, 1.165) is 35.0 Å². The van der Waals surface area contributed by atoms with Gasteiger partial charge < -0.3 is 14.2 Å². The van der Waals surface area contributed by atoms with Crippen LogP contribution in [0, 0.1) is 6.92 Å². The summed E-state index contributed by atoms with van der Waals surface area (Å²) in [5.74, 6) is 0.319. The number of allylic oxidation sites excluding steroid dienone is 1. The van der Waals surface area contributed by atoms with Crippen LogP contribution >= 0.6 is 0 Å². The first kappa shape index (κ1) is 22.6. The number of aryl methyl sites for hydroxylation is 1. The number of carbonyl (C=O) groups is 1. The minimum absolute atomic E-state index is 0.346. The Morgan fingerprint density at radius 3 is 2.63 bits per heavy atom. The highest BCUT2D eigenvalue weighted by Gasteiger charge is 2.41. The molecule has 30 heavy (non-hydrogen) atoms.